The predicted molar refractivity (Wildman–Crippen MR) is 66.7 cm³/mol. The molecular weight excluding hydrogens is 180 g/mol. The van der Waals surface area contributed by atoms with Gasteiger partial charge in [0.2, 0.25) is 0 Å². The summed E-state index contributed by atoms with van der Waals surface area (Å²) in [6, 6.07) is 0. The summed E-state index contributed by atoms with van der Waals surface area (Å²) in [5.74, 6) is 2.68. The van der Waals surface area contributed by atoms with Gasteiger partial charge in [-0.1, -0.05) is 56.4 Å². The highest BCUT2D eigenvalue weighted by Crippen LogP contribution is 2.36. The molecule has 0 aliphatic heterocycles. The lowest BCUT2D eigenvalue weighted by Crippen LogP contribution is -2.16. The van der Waals surface area contributed by atoms with Gasteiger partial charge in [0.1, 0.15) is 0 Å². The standard InChI is InChI=1S/C15H24/c1-3-14-9-8-12(2)10-15(14)11-13-6-4-5-7-13/h8-10,13-15H,3-7,11H2,1-2H3. The van der Waals surface area contributed by atoms with Crippen LogP contribution >= 0.6 is 0 Å². The summed E-state index contributed by atoms with van der Waals surface area (Å²) in [7, 11) is 0. The average Bonchev–Trinajstić information content (AvgIpc) is 2.71. The first-order valence-electron chi connectivity index (χ1n) is 6.66. The fourth-order valence-electron chi connectivity index (χ4n) is 3.25. The number of rotatable bonds is 3. The molecule has 0 heterocycles. The molecule has 0 nitrogen and oxygen atoms in total. The maximum atomic E-state index is 2.52. The topological polar surface area (TPSA) is 0 Å². The minimum atomic E-state index is 0.814. The summed E-state index contributed by atoms with van der Waals surface area (Å²) in [5.41, 5.74) is 1.47. The number of hydrogen-bond acceptors (Lipinski definition) is 0. The molecule has 0 amide bonds. The second-order valence-corrected chi connectivity index (χ2v) is 5.39. The van der Waals surface area contributed by atoms with Crippen molar-refractivity contribution in [2.24, 2.45) is 17.8 Å². The molecule has 2 atom stereocenters. The Kier molecular flexibility index (Phi) is 3.66. The lowest BCUT2D eigenvalue weighted by molar-refractivity contribution is 0.350. The maximum Gasteiger partial charge on any atom is -0.0162 e. The van der Waals surface area contributed by atoms with Crippen molar-refractivity contribution >= 4 is 0 Å². The Morgan fingerprint density at radius 2 is 1.93 bits per heavy atom. The molecule has 1 saturated carbocycles. The summed E-state index contributed by atoms with van der Waals surface area (Å²) >= 11 is 0. The van der Waals surface area contributed by atoms with E-state index in [0.717, 1.165) is 17.8 Å². The third kappa shape index (κ3) is 2.74. The van der Waals surface area contributed by atoms with Crippen LogP contribution in [0.3, 0.4) is 0 Å². The molecule has 15 heavy (non-hydrogen) atoms. The van der Waals surface area contributed by atoms with Crippen molar-refractivity contribution < 1.29 is 0 Å². The molecule has 2 unspecified atom stereocenters. The summed E-state index contributed by atoms with van der Waals surface area (Å²) in [5, 5.41) is 0. The Labute approximate surface area is 94.5 Å². The van der Waals surface area contributed by atoms with Gasteiger partial charge in [-0.2, -0.15) is 0 Å². The minimum absolute atomic E-state index is 0.814. The Bertz CT molecular complexity index is 253. The van der Waals surface area contributed by atoms with Crippen LogP contribution in [0.15, 0.2) is 23.8 Å². The number of allylic oxidation sites excluding steroid dienone is 4. The van der Waals surface area contributed by atoms with Crippen LogP contribution in [0.4, 0.5) is 0 Å². The molecule has 84 valence electrons. The molecule has 0 N–H and O–H groups in total. The number of hydrogen-bond donors (Lipinski definition) is 0. The van der Waals surface area contributed by atoms with Crippen LogP contribution in [0.2, 0.25) is 0 Å². The SMILES string of the molecule is CCC1C=CC(C)=CC1CC1CCCC1. The van der Waals surface area contributed by atoms with Gasteiger partial charge in [0.25, 0.3) is 0 Å². The zero-order valence-corrected chi connectivity index (χ0v) is 10.2. The van der Waals surface area contributed by atoms with Gasteiger partial charge in [-0.05, 0) is 37.5 Å². The molecule has 0 aromatic heterocycles. The molecule has 2 aliphatic carbocycles. The molecule has 0 heteroatoms. The molecule has 0 bridgehead atoms. The molecule has 0 saturated heterocycles. The third-order valence-corrected chi connectivity index (χ3v) is 4.18. The zero-order valence-electron chi connectivity index (χ0n) is 10.2. The van der Waals surface area contributed by atoms with Gasteiger partial charge in [-0.3, -0.25) is 0 Å². The van der Waals surface area contributed by atoms with Crippen LogP contribution in [0.5, 0.6) is 0 Å². The van der Waals surface area contributed by atoms with Crippen molar-refractivity contribution in [1.82, 2.24) is 0 Å². The molecule has 0 radical (unpaired) electrons. The highest BCUT2D eigenvalue weighted by molar-refractivity contribution is 5.23. The first kappa shape index (κ1) is 11.0. The van der Waals surface area contributed by atoms with E-state index in [-0.39, 0.29) is 0 Å². The van der Waals surface area contributed by atoms with Crippen LogP contribution in [0.1, 0.15) is 52.4 Å². The Morgan fingerprint density at radius 3 is 2.60 bits per heavy atom. The Balaban J connectivity index is 1.95. The fraction of sp³-hybridized carbons (Fsp3) is 0.733. The minimum Gasteiger partial charge on any atom is -0.0806 e. The van der Waals surface area contributed by atoms with Crippen molar-refractivity contribution in [1.29, 1.82) is 0 Å². The van der Waals surface area contributed by atoms with E-state index in [4.69, 9.17) is 0 Å². The normalized spacial score (nSPS) is 32.0. The van der Waals surface area contributed by atoms with Gasteiger partial charge in [0, 0.05) is 0 Å². The molecular formula is C15H24. The molecule has 1 fully saturated rings. The average molecular weight is 204 g/mol. The van der Waals surface area contributed by atoms with Crippen molar-refractivity contribution in [3.63, 3.8) is 0 Å². The van der Waals surface area contributed by atoms with Gasteiger partial charge < -0.3 is 0 Å². The third-order valence-electron chi connectivity index (χ3n) is 4.18. The zero-order chi connectivity index (χ0) is 10.7. The van der Waals surface area contributed by atoms with Crippen molar-refractivity contribution in [2.75, 3.05) is 0 Å². The van der Waals surface area contributed by atoms with E-state index < -0.39 is 0 Å². The lowest BCUT2D eigenvalue weighted by Gasteiger charge is -2.27. The summed E-state index contributed by atoms with van der Waals surface area (Å²) in [6.07, 6.45) is 15.9. The van der Waals surface area contributed by atoms with Crippen LogP contribution < -0.4 is 0 Å². The summed E-state index contributed by atoms with van der Waals surface area (Å²) in [6.45, 7) is 4.56. The van der Waals surface area contributed by atoms with Crippen molar-refractivity contribution in [2.45, 2.75) is 52.4 Å². The van der Waals surface area contributed by atoms with E-state index in [0.29, 0.717) is 0 Å². The van der Waals surface area contributed by atoms with Gasteiger partial charge in [0.05, 0.1) is 0 Å². The van der Waals surface area contributed by atoms with E-state index in [1.54, 1.807) is 0 Å². The second-order valence-electron chi connectivity index (χ2n) is 5.39. The predicted octanol–water partition coefficient (Wildman–Crippen LogP) is 4.73. The van der Waals surface area contributed by atoms with E-state index >= 15 is 0 Å². The van der Waals surface area contributed by atoms with Crippen LogP contribution in [0, 0.1) is 17.8 Å². The monoisotopic (exact) mass is 204 g/mol. The van der Waals surface area contributed by atoms with Gasteiger partial charge in [0.15, 0.2) is 0 Å². The van der Waals surface area contributed by atoms with Gasteiger partial charge >= 0.3 is 0 Å². The Morgan fingerprint density at radius 1 is 1.20 bits per heavy atom. The molecule has 2 aliphatic rings. The van der Waals surface area contributed by atoms with Crippen molar-refractivity contribution in [3.05, 3.63) is 23.8 Å². The maximum absolute atomic E-state index is 2.52. The first-order chi connectivity index (χ1) is 7.29. The van der Waals surface area contributed by atoms with E-state index in [1.807, 2.05) is 0 Å². The van der Waals surface area contributed by atoms with Crippen LogP contribution in [-0.4, -0.2) is 0 Å². The van der Waals surface area contributed by atoms with Crippen molar-refractivity contribution in [3.8, 4) is 0 Å². The van der Waals surface area contributed by atoms with E-state index in [2.05, 4.69) is 32.1 Å². The van der Waals surface area contributed by atoms with E-state index in [1.165, 1.54) is 44.1 Å². The molecule has 0 aromatic rings. The lowest BCUT2D eigenvalue weighted by atomic mass is 9.78. The smallest absolute Gasteiger partial charge is 0.0162 e. The van der Waals surface area contributed by atoms with Gasteiger partial charge in [-0.25, -0.2) is 0 Å². The molecule has 2 rings (SSSR count). The fourth-order valence-corrected chi connectivity index (χ4v) is 3.25. The van der Waals surface area contributed by atoms with Gasteiger partial charge in [-0.15, -0.1) is 0 Å². The summed E-state index contributed by atoms with van der Waals surface area (Å²) < 4.78 is 0. The van der Waals surface area contributed by atoms with Crippen LogP contribution in [0.25, 0.3) is 0 Å². The molecule has 0 spiro atoms. The van der Waals surface area contributed by atoms with E-state index in [9.17, 15) is 0 Å². The second kappa shape index (κ2) is 5.01. The largest absolute Gasteiger partial charge is 0.0806 e. The highest BCUT2D eigenvalue weighted by Gasteiger charge is 2.24. The summed E-state index contributed by atoms with van der Waals surface area (Å²) in [4.78, 5) is 0. The molecule has 0 aromatic carbocycles. The highest BCUT2D eigenvalue weighted by atomic mass is 14.3. The first-order valence-corrected chi connectivity index (χ1v) is 6.66. The quantitative estimate of drug-likeness (QED) is 0.623. The van der Waals surface area contributed by atoms with Crippen LogP contribution in [-0.2, 0) is 0 Å². The Hall–Kier alpha value is -0.520.